The summed E-state index contributed by atoms with van der Waals surface area (Å²) in [6.07, 6.45) is 1.68. The van der Waals surface area contributed by atoms with E-state index in [1.54, 1.807) is 32.9 Å². The molecule has 2 heterocycles. The van der Waals surface area contributed by atoms with Crippen molar-refractivity contribution in [1.82, 2.24) is 9.29 Å². The fraction of sp³-hybridized carbons (Fsp3) is 0.389. The molecule has 6 nitrogen and oxygen atoms in total. The van der Waals surface area contributed by atoms with Gasteiger partial charge in [0.25, 0.3) is 5.91 Å². The quantitative estimate of drug-likeness (QED) is 0.856. The van der Waals surface area contributed by atoms with Crippen molar-refractivity contribution in [2.75, 3.05) is 18.4 Å². The molecule has 2 N–H and O–H groups in total. The van der Waals surface area contributed by atoms with E-state index in [4.69, 9.17) is 0 Å². The summed E-state index contributed by atoms with van der Waals surface area (Å²) in [7, 11) is -3.64. The second-order valence-corrected chi connectivity index (χ2v) is 8.48. The van der Waals surface area contributed by atoms with Crippen molar-refractivity contribution in [2.24, 2.45) is 0 Å². The number of aromatic amines is 1. The maximum atomic E-state index is 13.7. The molecule has 0 spiro atoms. The van der Waals surface area contributed by atoms with Crippen LogP contribution in [0, 0.1) is 26.6 Å². The van der Waals surface area contributed by atoms with Crippen LogP contribution in [-0.2, 0) is 10.0 Å². The molecule has 0 atom stereocenters. The van der Waals surface area contributed by atoms with Crippen LogP contribution in [0.15, 0.2) is 23.1 Å². The number of aromatic nitrogens is 1. The van der Waals surface area contributed by atoms with Crippen LogP contribution in [-0.4, -0.2) is 36.7 Å². The molecule has 1 aromatic heterocycles. The average molecular weight is 379 g/mol. The minimum absolute atomic E-state index is 0.152. The Labute approximate surface area is 152 Å². The number of amides is 1. The van der Waals surface area contributed by atoms with E-state index in [1.807, 2.05) is 0 Å². The summed E-state index contributed by atoms with van der Waals surface area (Å²) in [6.45, 7) is 5.87. The minimum atomic E-state index is -3.64. The lowest BCUT2D eigenvalue weighted by Gasteiger charge is -2.16. The lowest BCUT2D eigenvalue weighted by molar-refractivity contribution is 0.102. The average Bonchev–Trinajstić information content (AvgIpc) is 3.19. The van der Waals surface area contributed by atoms with E-state index in [2.05, 4.69) is 10.3 Å². The Balaban J connectivity index is 1.92. The summed E-state index contributed by atoms with van der Waals surface area (Å²) in [5.41, 5.74) is 1.76. The molecule has 1 saturated heterocycles. The molecule has 0 radical (unpaired) electrons. The van der Waals surface area contributed by atoms with Gasteiger partial charge in [-0.3, -0.25) is 4.79 Å². The highest BCUT2D eigenvalue weighted by atomic mass is 32.2. The zero-order valence-electron chi connectivity index (χ0n) is 15.0. The molecule has 1 aliphatic rings. The Morgan fingerprint density at radius 1 is 1.19 bits per heavy atom. The second kappa shape index (κ2) is 6.85. The third-order valence-corrected chi connectivity index (χ3v) is 6.86. The molecule has 2 aromatic rings. The third kappa shape index (κ3) is 3.26. The lowest BCUT2D eigenvalue weighted by atomic mass is 10.2. The number of sulfonamides is 1. The lowest BCUT2D eigenvalue weighted by Crippen LogP contribution is -2.28. The Morgan fingerprint density at radius 3 is 2.46 bits per heavy atom. The number of carbonyl (C=O) groups is 1. The summed E-state index contributed by atoms with van der Waals surface area (Å²) in [5, 5.41) is 2.61. The minimum Gasteiger partial charge on any atom is -0.353 e. The van der Waals surface area contributed by atoms with Gasteiger partial charge in [0, 0.05) is 24.5 Å². The van der Waals surface area contributed by atoms with E-state index >= 15 is 0 Å². The van der Waals surface area contributed by atoms with Crippen LogP contribution in [0.25, 0.3) is 0 Å². The van der Waals surface area contributed by atoms with Gasteiger partial charge in [-0.05, 0) is 56.9 Å². The number of benzene rings is 1. The van der Waals surface area contributed by atoms with Crippen LogP contribution in [0.4, 0.5) is 10.1 Å². The van der Waals surface area contributed by atoms with E-state index in [0.29, 0.717) is 35.6 Å². The van der Waals surface area contributed by atoms with Crippen LogP contribution in [0.3, 0.4) is 0 Å². The highest BCUT2D eigenvalue weighted by molar-refractivity contribution is 7.89. The molecule has 1 fully saturated rings. The Kier molecular flexibility index (Phi) is 4.90. The molecule has 0 bridgehead atoms. The van der Waals surface area contributed by atoms with Gasteiger partial charge in [0.1, 0.15) is 16.4 Å². The monoisotopic (exact) mass is 379 g/mol. The number of aryl methyl sites for hydroxylation is 2. The molecular formula is C18H22FN3O3S. The number of carbonyl (C=O) groups excluding carboxylic acids is 1. The van der Waals surface area contributed by atoms with Gasteiger partial charge in [-0.15, -0.1) is 0 Å². The molecule has 1 aliphatic heterocycles. The Morgan fingerprint density at radius 2 is 1.85 bits per heavy atom. The Hall–Kier alpha value is -2.19. The number of hydrogen-bond donors (Lipinski definition) is 2. The maximum absolute atomic E-state index is 13.7. The van der Waals surface area contributed by atoms with Gasteiger partial charge in [-0.2, -0.15) is 4.31 Å². The number of hydrogen-bond acceptors (Lipinski definition) is 3. The van der Waals surface area contributed by atoms with Gasteiger partial charge >= 0.3 is 0 Å². The maximum Gasteiger partial charge on any atom is 0.272 e. The first-order chi connectivity index (χ1) is 12.2. The molecule has 3 rings (SSSR count). The molecule has 1 aromatic carbocycles. The standard InChI is InChI=1S/C18H22FN3O3S/c1-11-6-7-14(10-15(11)19)21-18(23)16-12(2)17(13(3)20-16)26(24,25)22-8-4-5-9-22/h6-7,10,20H,4-5,8-9H2,1-3H3,(H,21,23). The first kappa shape index (κ1) is 18.6. The van der Waals surface area contributed by atoms with Gasteiger partial charge in [0.2, 0.25) is 10.0 Å². The van der Waals surface area contributed by atoms with Gasteiger partial charge < -0.3 is 10.3 Å². The summed E-state index contributed by atoms with van der Waals surface area (Å²) in [5.74, 6) is -0.920. The molecule has 0 saturated carbocycles. The molecule has 1 amide bonds. The van der Waals surface area contributed by atoms with Gasteiger partial charge in [0.05, 0.1) is 0 Å². The number of rotatable bonds is 4. The zero-order valence-corrected chi connectivity index (χ0v) is 15.8. The van der Waals surface area contributed by atoms with Crippen LogP contribution in [0.1, 0.15) is 40.2 Å². The number of nitrogens with one attached hydrogen (secondary N) is 2. The largest absolute Gasteiger partial charge is 0.353 e. The van der Waals surface area contributed by atoms with Crippen molar-refractivity contribution in [3.05, 3.63) is 46.5 Å². The van der Waals surface area contributed by atoms with Crippen molar-refractivity contribution < 1.29 is 17.6 Å². The van der Waals surface area contributed by atoms with E-state index in [9.17, 15) is 17.6 Å². The van der Waals surface area contributed by atoms with Crippen molar-refractivity contribution in [3.8, 4) is 0 Å². The van der Waals surface area contributed by atoms with Crippen LogP contribution < -0.4 is 5.32 Å². The third-order valence-electron chi connectivity index (χ3n) is 4.69. The molecule has 0 aliphatic carbocycles. The molecule has 8 heteroatoms. The highest BCUT2D eigenvalue weighted by Gasteiger charge is 2.33. The fourth-order valence-electron chi connectivity index (χ4n) is 3.27. The number of nitrogens with zero attached hydrogens (tertiary/aromatic N) is 1. The summed E-state index contributed by atoms with van der Waals surface area (Å²) >= 11 is 0. The van der Waals surface area contributed by atoms with Crippen molar-refractivity contribution >= 4 is 21.6 Å². The van der Waals surface area contributed by atoms with Gasteiger partial charge in [-0.25, -0.2) is 12.8 Å². The molecule has 0 unspecified atom stereocenters. The number of halogens is 1. The van der Waals surface area contributed by atoms with Crippen LogP contribution in [0.5, 0.6) is 0 Å². The van der Waals surface area contributed by atoms with Crippen molar-refractivity contribution in [1.29, 1.82) is 0 Å². The Bertz CT molecular complexity index is 960. The predicted molar refractivity (Wildman–Crippen MR) is 97.3 cm³/mol. The predicted octanol–water partition coefficient (Wildman–Crippen LogP) is 3.12. The van der Waals surface area contributed by atoms with Gasteiger partial charge in [-0.1, -0.05) is 6.07 Å². The van der Waals surface area contributed by atoms with Crippen LogP contribution in [0.2, 0.25) is 0 Å². The molecular weight excluding hydrogens is 357 g/mol. The van der Waals surface area contributed by atoms with Crippen molar-refractivity contribution in [2.45, 2.75) is 38.5 Å². The number of H-pyrrole nitrogens is 1. The SMILES string of the molecule is Cc1ccc(NC(=O)c2[nH]c(C)c(S(=O)(=O)N3CCCC3)c2C)cc1F. The van der Waals surface area contributed by atoms with E-state index in [0.717, 1.165) is 12.8 Å². The normalized spacial score (nSPS) is 15.4. The van der Waals surface area contributed by atoms with Gasteiger partial charge in [0.15, 0.2) is 0 Å². The fourth-order valence-corrected chi connectivity index (χ4v) is 5.19. The highest BCUT2D eigenvalue weighted by Crippen LogP contribution is 2.29. The van der Waals surface area contributed by atoms with E-state index in [1.165, 1.54) is 10.4 Å². The summed E-state index contributed by atoms with van der Waals surface area (Å²) in [4.78, 5) is 15.6. The van der Waals surface area contributed by atoms with E-state index in [-0.39, 0.29) is 10.6 Å². The topological polar surface area (TPSA) is 82.3 Å². The first-order valence-electron chi connectivity index (χ1n) is 8.48. The van der Waals surface area contributed by atoms with Crippen LogP contribution >= 0.6 is 0 Å². The zero-order chi connectivity index (χ0) is 19.1. The second-order valence-electron chi connectivity index (χ2n) is 6.61. The summed E-state index contributed by atoms with van der Waals surface area (Å²) < 4.78 is 40.9. The smallest absolute Gasteiger partial charge is 0.272 e. The van der Waals surface area contributed by atoms with E-state index < -0.39 is 21.7 Å². The first-order valence-corrected chi connectivity index (χ1v) is 9.92. The molecule has 140 valence electrons. The summed E-state index contributed by atoms with van der Waals surface area (Å²) in [6, 6.07) is 4.41. The molecule has 26 heavy (non-hydrogen) atoms. The van der Waals surface area contributed by atoms with Crippen molar-refractivity contribution in [3.63, 3.8) is 0 Å². The number of anilines is 1.